The Morgan fingerprint density at radius 1 is 1.68 bits per heavy atom. The molecule has 0 bridgehead atoms. The molecule has 0 atom stereocenters. The maximum absolute atomic E-state index is 11.1. The van der Waals surface area contributed by atoms with Crippen LogP contribution >= 0.6 is 10.0 Å². The molecule has 2 aliphatic rings. The lowest BCUT2D eigenvalue weighted by Crippen LogP contribution is -2.32. The molecular formula is C13H18N2O3S. The summed E-state index contributed by atoms with van der Waals surface area (Å²) in [7, 11) is -1.04. The van der Waals surface area contributed by atoms with E-state index in [9.17, 15) is 4.79 Å². The van der Waals surface area contributed by atoms with Gasteiger partial charge in [0, 0.05) is 11.1 Å². The molecule has 0 unspecified atom stereocenters. The van der Waals surface area contributed by atoms with Gasteiger partial charge >= 0.3 is 6.09 Å². The number of nitrogens with one attached hydrogen (secondary N) is 1. The zero-order valence-corrected chi connectivity index (χ0v) is 11.9. The van der Waals surface area contributed by atoms with Gasteiger partial charge in [-0.1, -0.05) is 12.2 Å². The highest BCUT2D eigenvalue weighted by atomic mass is 32.3. The molecule has 2 rings (SSSR count). The number of amides is 1. The van der Waals surface area contributed by atoms with Gasteiger partial charge in [0.15, 0.2) is 0 Å². The summed E-state index contributed by atoms with van der Waals surface area (Å²) in [5, 5.41) is 11.3. The Morgan fingerprint density at radius 3 is 3.05 bits per heavy atom. The Hall–Kier alpha value is -1.66. The summed E-state index contributed by atoms with van der Waals surface area (Å²) in [4.78, 5) is 18.8. The van der Waals surface area contributed by atoms with Crippen LogP contribution in [0.15, 0.2) is 46.5 Å². The SMILES string of the molecule is C=CCONC1=CN(C(=O)O)CC2=C1S(C)(C)C=C2. The second-order valence-electron chi connectivity index (χ2n) is 4.72. The van der Waals surface area contributed by atoms with E-state index in [-0.39, 0.29) is 0 Å². The number of hydroxylamine groups is 1. The van der Waals surface area contributed by atoms with E-state index in [0.717, 1.165) is 16.2 Å². The zero-order valence-electron chi connectivity index (χ0n) is 11.0. The molecular weight excluding hydrogens is 264 g/mol. The van der Waals surface area contributed by atoms with Crippen LogP contribution in [0.4, 0.5) is 4.79 Å². The summed E-state index contributed by atoms with van der Waals surface area (Å²) in [6.07, 6.45) is 8.61. The number of carbonyl (C=O) groups is 1. The van der Waals surface area contributed by atoms with Crippen LogP contribution in [0.2, 0.25) is 0 Å². The molecule has 2 N–H and O–H groups in total. The molecule has 5 nitrogen and oxygen atoms in total. The average molecular weight is 282 g/mol. The van der Waals surface area contributed by atoms with Gasteiger partial charge < -0.3 is 5.11 Å². The molecule has 0 fully saturated rings. The predicted octanol–water partition coefficient (Wildman–Crippen LogP) is 2.37. The van der Waals surface area contributed by atoms with Gasteiger partial charge in [0.05, 0.1) is 18.8 Å². The molecule has 0 aliphatic carbocycles. The van der Waals surface area contributed by atoms with Crippen molar-refractivity contribution in [3.63, 3.8) is 0 Å². The molecule has 19 heavy (non-hydrogen) atoms. The summed E-state index contributed by atoms with van der Waals surface area (Å²) in [6, 6.07) is 0. The fourth-order valence-corrected chi connectivity index (χ4v) is 4.24. The minimum Gasteiger partial charge on any atom is -0.465 e. The van der Waals surface area contributed by atoms with E-state index < -0.39 is 16.1 Å². The number of rotatable bonds is 4. The van der Waals surface area contributed by atoms with E-state index in [4.69, 9.17) is 9.94 Å². The molecule has 0 aromatic heterocycles. The van der Waals surface area contributed by atoms with Crippen molar-refractivity contribution >= 4 is 16.1 Å². The van der Waals surface area contributed by atoms with Crippen molar-refractivity contribution in [1.82, 2.24) is 10.4 Å². The van der Waals surface area contributed by atoms with Crippen molar-refractivity contribution in [2.24, 2.45) is 0 Å². The van der Waals surface area contributed by atoms with Crippen LogP contribution in [0.25, 0.3) is 0 Å². The molecule has 104 valence electrons. The molecule has 0 saturated heterocycles. The van der Waals surface area contributed by atoms with E-state index in [1.807, 2.05) is 6.08 Å². The Labute approximate surface area is 114 Å². The van der Waals surface area contributed by atoms with Crippen LogP contribution in [0, 0.1) is 0 Å². The molecule has 2 aliphatic heterocycles. The number of hydrogen-bond acceptors (Lipinski definition) is 3. The fourth-order valence-electron chi connectivity index (χ4n) is 2.13. The average Bonchev–Trinajstić information content (AvgIpc) is 2.65. The van der Waals surface area contributed by atoms with E-state index >= 15 is 0 Å². The monoisotopic (exact) mass is 282 g/mol. The summed E-state index contributed by atoms with van der Waals surface area (Å²) in [5.74, 6) is 0. The second kappa shape index (κ2) is 5.14. The number of nitrogens with zero attached hydrogens (tertiary/aromatic N) is 1. The molecule has 0 aromatic rings. The largest absolute Gasteiger partial charge is 0.465 e. The van der Waals surface area contributed by atoms with Crippen LogP contribution < -0.4 is 5.48 Å². The first kappa shape index (κ1) is 13.8. The molecule has 6 heteroatoms. The Bertz CT molecular complexity index is 506. The van der Waals surface area contributed by atoms with Gasteiger partial charge in [-0.15, -0.1) is 6.58 Å². The van der Waals surface area contributed by atoms with Crippen molar-refractivity contribution in [1.29, 1.82) is 0 Å². The first-order valence-corrected chi connectivity index (χ1v) is 8.32. The van der Waals surface area contributed by atoms with Crippen molar-refractivity contribution in [3.05, 3.63) is 46.5 Å². The zero-order chi connectivity index (χ0) is 14.0. The van der Waals surface area contributed by atoms with E-state index in [2.05, 4.69) is 30.0 Å². The van der Waals surface area contributed by atoms with Crippen LogP contribution in [-0.2, 0) is 4.84 Å². The normalized spacial score (nSPS) is 21.8. The Balaban J connectivity index is 2.28. The van der Waals surface area contributed by atoms with Crippen LogP contribution in [0.1, 0.15) is 0 Å². The third-order valence-corrected chi connectivity index (χ3v) is 5.28. The standard InChI is InChI=1S/C13H18N2O3S/c1-4-6-18-14-11-9-15(13(16)17)8-10-5-7-19(2,3)12(10)11/h4-5,7,9,14H,1,6,8H2,2-3H3,(H,16,17). The molecule has 1 amide bonds. The second-order valence-corrected chi connectivity index (χ2v) is 8.21. The third kappa shape index (κ3) is 2.69. The smallest absolute Gasteiger partial charge is 0.411 e. The van der Waals surface area contributed by atoms with Crippen molar-refractivity contribution in [2.45, 2.75) is 0 Å². The molecule has 0 radical (unpaired) electrons. The minimum absolute atomic E-state index is 0.357. The van der Waals surface area contributed by atoms with Crippen molar-refractivity contribution in [3.8, 4) is 0 Å². The lowest BCUT2D eigenvalue weighted by atomic mass is 10.1. The first-order chi connectivity index (χ1) is 8.95. The van der Waals surface area contributed by atoms with Crippen molar-refractivity contribution < 1.29 is 14.7 Å². The maximum Gasteiger partial charge on any atom is 0.411 e. The quantitative estimate of drug-likeness (QED) is 0.472. The van der Waals surface area contributed by atoms with Gasteiger partial charge in [-0.2, -0.15) is 10.0 Å². The lowest BCUT2D eigenvalue weighted by Gasteiger charge is -2.33. The van der Waals surface area contributed by atoms with Gasteiger partial charge in [-0.25, -0.2) is 4.79 Å². The van der Waals surface area contributed by atoms with Gasteiger partial charge in [0.1, 0.15) is 0 Å². The van der Waals surface area contributed by atoms with E-state index in [0.29, 0.717) is 13.2 Å². The molecule has 0 aromatic carbocycles. The molecule has 0 spiro atoms. The topological polar surface area (TPSA) is 61.8 Å². The van der Waals surface area contributed by atoms with E-state index in [1.165, 1.54) is 4.90 Å². The van der Waals surface area contributed by atoms with Crippen LogP contribution in [-0.4, -0.2) is 41.8 Å². The summed E-state index contributed by atoms with van der Waals surface area (Å²) in [6.45, 7) is 4.32. The maximum atomic E-state index is 11.1. The number of hydrogen-bond donors (Lipinski definition) is 2. The van der Waals surface area contributed by atoms with Gasteiger partial charge in [-0.05, 0) is 23.5 Å². The van der Waals surface area contributed by atoms with Crippen molar-refractivity contribution in [2.75, 3.05) is 25.7 Å². The van der Waals surface area contributed by atoms with E-state index in [1.54, 1.807) is 12.3 Å². The van der Waals surface area contributed by atoms with Crippen LogP contribution in [0.5, 0.6) is 0 Å². The predicted molar refractivity (Wildman–Crippen MR) is 77.7 cm³/mol. The lowest BCUT2D eigenvalue weighted by molar-refractivity contribution is 0.0864. The molecule has 2 heterocycles. The highest BCUT2D eigenvalue weighted by Gasteiger charge is 2.32. The first-order valence-electron chi connectivity index (χ1n) is 5.81. The van der Waals surface area contributed by atoms with Crippen LogP contribution in [0.3, 0.4) is 0 Å². The summed E-state index contributed by atoms with van der Waals surface area (Å²) >= 11 is 0. The Morgan fingerprint density at radius 2 is 2.42 bits per heavy atom. The number of carboxylic acid groups (broad SMARTS) is 1. The van der Waals surface area contributed by atoms with Gasteiger partial charge in [0.2, 0.25) is 0 Å². The highest BCUT2D eigenvalue weighted by Crippen LogP contribution is 2.58. The Kier molecular flexibility index (Phi) is 3.73. The third-order valence-electron chi connectivity index (χ3n) is 2.93. The highest BCUT2D eigenvalue weighted by molar-refractivity contribution is 8.38. The summed E-state index contributed by atoms with van der Waals surface area (Å²) in [5.41, 5.74) is 4.60. The van der Waals surface area contributed by atoms with Gasteiger partial charge in [-0.3, -0.25) is 15.2 Å². The minimum atomic E-state index is -1.04. The fraction of sp³-hybridized carbons (Fsp3) is 0.308. The summed E-state index contributed by atoms with van der Waals surface area (Å²) < 4.78 is 0. The van der Waals surface area contributed by atoms with Gasteiger partial charge in [0.25, 0.3) is 0 Å². The molecule has 0 saturated carbocycles.